The van der Waals surface area contributed by atoms with Gasteiger partial charge in [0.1, 0.15) is 0 Å². The molecule has 3 unspecified atom stereocenters. The molecule has 3 nitrogen and oxygen atoms in total. The maximum Gasteiger partial charge on any atom is 0.0473 e. The lowest BCUT2D eigenvalue weighted by Crippen LogP contribution is -2.54. The summed E-state index contributed by atoms with van der Waals surface area (Å²) in [5, 5.41) is 0. The molecule has 3 fully saturated rings. The lowest BCUT2D eigenvalue weighted by Gasteiger charge is -2.38. The molecule has 2 N–H and O–H groups in total. The van der Waals surface area contributed by atoms with E-state index in [0.29, 0.717) is 5.54 Å². The van der Waals surface area contributed by atoms with E-state index in [1.807, 2.05) is 0 Å². The van der Waals surface area contributed by atoms with Crippen LogP contribution in [0.5, 0.6) is 0 Å². The van der Waals surface area contributed by atoms with Gasteiger partial charge in [-0.25, -0.2) is 0 Å². The molecule has 0 aromatic carbocycles. The molecule has 0 aromatic rings. The van der Waals surface area contributed by atoms with Gasteiger partial charge in [0.15, 0.2) is 0 Å². The van der Waals surface area contributed by atoms with Crippen molar-refractivity contribution in [1.29, 1.82) is 0 Å². The molecule has 0 amide bonds. The largest absolute Gasteiger partial charge is 0.329 e. The molecule has 3 heteroatoms. The quantitative estimate of drug-likeness (QED) is 0.826. The zero-order chi connectivity index (χ0) is 13.5. The molecule has 3 atom stereocenters. The molecule has 2 saturated heterocycles. The van der Waals surface area contributed by atoms with E-state index in [-0.39, 0.29) is 0 Å². The van der Waals surface area contributed by atoms with Crippen LogP contribution in [0.25, 0.3) is 0 Å². The highest BCUT2D eigenvalue weighted by Gasteiger charge is 2.50. The molecule has 2 heterocycles. The lowest BCUT2D eigenvalue weighted by atomic mass is 9.94. The van der Waals surface area contributed by atoms with Gasteiger partial charge in [-0.05, 0) is 51.5 Å². The molecular weight excluding hydrogens is 234 g/mol. The Labute approximate surface area is 118 Å². The van der Waals surface area contributed by atoms with Crippen LogP contribution in [-0.2, 0) is 0 Å². The Morgan fingerprint density at radius 2 is 2.05 bits per heavy atom. The predicted molar refractivity (Wildman–Crippen MR) is 80.2 cm³/mol. The Bertz CT molecular complexity index is 315. The summed E-state index contributed by atoms with van der Waals surface area (Å²) in [7, 11) is 0. The Hall–Kier alpha value is -0.120. The van der Waals surface area contributed by atoms with Gasteiger partial charge in [-0.3, -0.25) is 9.80 Å². The summed E-state index contributed by atoms with van der Waals surface area (Å²) in [6.07, 6.45) is 8.26. The maximum atomic E-state index is 6.24. The Morgan fingerprint density at radius 1 is 1.26 bits per heavy atom. The lowest BCUT2D eigenvalue weighted by molar-refractivity contribution is 0.121. The minimum atomic E-state index is 0.296. The van der Waals surface area contributed by atoms with Crippen molar-refractivity contribution in [2.24, 2.45) is 11.7 Å². The second-order valence-corrected chi connectivity index (χ2v) is 7.27. The summed E-state index contributed by atoms with van der Waals surface area (Å²) in [4.78, 5) is 5.51. The third-order valence-electron chi connectivity index (χ3n) is 5.77. The standard InChI is InChI=1S/C16H31N3/c1-3-4-14-7-8-18(10-14)16(11-17)9-13(2)19(12-16)15-5-6-15/h13-15H,3-12,17H2,1-2H3. The van der Waals surface area contributed by atoms with Crippen molar-refractivity contribution in [3.05, 3.63) is 0 Å². The number of rotatable bonds is 5. The van der Waals surface area contributed by atoms with Crippen molar-refractivity contribution in [1.82, 2.24) is 9.80 Å². The van der Waals surface area contributed by atoms with E-state index in [2.05, 4.69) is 23.6 Å². The van der Waals surface area contributed by atoms with Crippen molar-refractivity contribution < 1.29 is 0 Å². The molecule has 2 aliphatic heterocycles. The first-order valence-electron chi connectivity index (χ1n) is 8.39. The molecule has 110 valence electrons. The van der Waals surface area contributed by atoms with Gasteiger partial charge in [-0.15, -0.1) is 0 Å². The van der Waals surface area contributed by atoms with Crippen molar-refractivity contribution in [2.75, 3.05) is 26.2 Å². The first-order valence-corrected chi connectivity index (χ1v) is 8.39. The van der Waals surface area contributed by atoms with Crippen LogP contribution in [-0.4, -0.2) is 53.6 Å². The summed E-state index contributed by atoms with van der Waals surface area (Å²) in [6, 6.07) is 1.62. The van der Waals surface area contributed by atoms with Gasteiger partial charge in [-0.1, -0.05) is 13.3 Å². The van der Waals surface area contributed by atoms with Crippen LogP contribution in [0.15, 0.2) is 0 Å². The van der Waals surface area contributed by atoms with Crippen LogP contribution in [0.1, 0.15) is 52.4 Å². The number of nitrogens with zero attached hydrogens (tertiary/aromatic N) is 2. The summed E-state index contributed by atoms with van der Waals surface area (Å²) >= 11 is 0. The molecule has 0 bridgehead atoms. The molecule has 3 aliphatic rings. The zero-order valence-electron chi connectivity index (χ0n) is 12.8. The van der Waals surface area contributed by atoms with Crippen molar-refractivity contribution in [3.63, 3.8) is 0 Å². The smallest absolute Gasteiger partial charge is 0.0473 e. The molecule has 19 heavy (non-hydrogen) atoms. The SMILES string of the molecule is CCCC1CCN(C2(CN)CC(C)N(C3CC3)C2)C1. The predicted octanol–water partition coefficient (Wildman–Crippen LogP) is 2.06. The van der Waals surface area contributed by atoms with Crippen molar-refractivity contribution in [3.8, 4) is 0 Å². The van der Waals surface area contributed by atoms with Crippen molar-refractivity contribution in [2.45, 2.75) is 70.0 Å². The Balaban J connectivity index is 1.67. The molecule has 0 radical (unpaired) electrons. The highest BCUT2D eigenvalue weighted by atomic mass is 15.3. The monoisotopic (exact) mass is 265 g/mol. The van der Waals surface area contributed by atoms with Gasteiger partial charge < -0.3 is 5.73 Å². The summed E-state index contributed by atoms with van der Waals surface area (Å²) in [6.45, 7) is 9.39. The van der Waals surface area contributed by atoms with Crippen LogP contribution in [0.2, 0.25) is 0 Å². The van der Waals surface area contributed by atoms with E-state index in [0.717, 1.165) is 24.5 Å². The normalized spacial score (nSPS) is 41.2. The summed E-state index contributed by atoms with van der Waals surface area (Å²) in [5.41, 5.74) is 6.54. The van der Waals surface area contributed by atoms with E-state index in [1.165, 1.54) is 58.2 Å². The van der Waals surface area contributed by atoms with E-state index in [1.54, 1.807) is 0 Å². The van der Waals surface area contributed by atoms with Gasteiger partial charge in [0, 0.05) is 37.3 Å². The van der Waals surface area contributed by atoms with Crippen molar-refractivity contribution >= 4 is 0 Å². The first kappa shape index (κ1) is 13.8. The number of likely N-dealkylation sites (tertiary alicyclic amines) is 2. The Morgan fingerprint density at radius 3 is 2.68 bits per heavy atom. The minimum Gasteiger partial charge on any atom is -0.329 e. The van der Waals surface area contributed by atoms with Crippen LogP contribution in [0.4, 0.5) is 0 Å². The fourth-order valence-corrected chi connectivity index (χ4v) is 4.54. The maximum absolute atomic E-state index is 6.24. The second kappa shape index (κ2) is 5.34. The molecule has 3 rings (SSSR count). The average molecular weight is 265 g/mol. The van der Waals surface area contributed by atoms with Crippen LogP contribution >= 0.6 is 0 Å². The van der Waals surface area contributed by atoms with E-state index in [9.17, 15) is 0 Å². The van der Waals surface area contributed by atoms with Crippen LogP contribution in [0, 0.1) is 5.92 Å². The second-order valence-electron chi connectivity index (χ2n) is 7.27. The van der Waals surface area contributed by atoms with E-state index in [4.69, 9.17) is 5.73 Å². The molecule has 1 aliphatic carbocycles. The topological polar surface area (TPSA) is 32.5 Å². The highest BCUT2D eigenvalue weighted by molar-refractivity contribution is 5.08. The summed E-state index contributed by atoms with van der Waals surface area (Å²) < 4.78 is 0. The zero-order valence-corrected chi connectivity index (χ0v) is 12.8. The fourth-order valence-electron chi connectivity index (χ4n) is 4.54. The third-order valence-corrected chi connectivity index (χ3v) is 5.77. The first-order chi connectivity index (χ1) is 9.18. The highest BCUT2D eigenvalue weighted by Crippen LogP contribution is 2.41. The minimum absolute atomic E-state index is 0.296. The molecule has 1 saturated carbocycles. The number of hydrogen-bond donors (Lipinski definition) is 1. The molecular formula is C16H31N3. The Kier molecular flexibility index (Phi) is 3.89. The third kappa shape index (κ3) is 2.57. The number of hydrogen-bond acceptors (Lipinski definition) is 3. The average Bonchev–Trinajstić information content (AvgIpc) is 3.03. The van der Waals surface area contributed by atoms with E-state index < -0.39 is 0 Å². The van der Waals surface area contributed by atoms with Gasteiger partial charge in [0.05, 0.1) is 0 Å². The number of nitrogens with two attached hydrogens (primary N) is 1. The van der Waals surface area contributed by atoms with Gasteiger partial charge >= 0.3 is 0 Å². The fraction of sp³-hybridized carbons (Fsp3) is 1.00. The van der Waals surface area contributed by atoms with Crippen LogP contribution in [0.3, 0.4) is 0 Å². The van der Waals surface area contributed by atoms with Crippen LogP contribution < -0.4 is 5.73 Å². The van der Waals surface area contributed by atoms with Gasteiger partial charge in [0.25, 0.3) is 0 Å². The van der Waals surface area contributed by atoms with E-state index >= 15 is 0 Å². The molecule has 0 aromatic heterocycles. The summed E-state index contributed by atoms with van der Waals surface area (Å²) in [5.74, 6) is 0.929. The molecule has 0 spiro atoms. The van der Waals surface area contributed by atoms with Gasteiger partial charge in [0.2, 0.25) is 0 Å². The van der Waals surface area contributed by atoms with Gasteiger partial charge in [-0.2, -0.15) is 0 Å².